The number of rotatable bonds is 5. The molecule has 0 bridgehead atoms. The molecule has 0 spiro atoms. The molecule has 1 aliphatic rings. The van der Waals surface area contributed by atoms with Crippen molar-refractivity contribution < 1.29 is 4.79 Å². The van der Waals surface area contributed by atoms with Crippen LogP contribution in [0.3, 0.4) is 0 Å². The van der Waals surface area contributed by atoms with Crippen LogP contribution >= 0.6 is 0 Å². The van der Waals surface area contributed by atoms with Gasteiger partial charge in [0.1, 0.15) is 0 Å². The molecule has 80 valence electrons. The Bertz CT molecular complexity index is 213. The Morgan fingerprint density at radius 3 is 3.07 bits per heavy atom. The van der Waals surface area contributed by atoms with E-state index in [1.54, 1.807) is 0 Å². The Labute approximate surface area is 85.7 Å². The Morgan fingerprint density at radius 1 is 1.71 bits per heavy atom. The molecule has 1 amide bonds. The standard InChI is InChI=1S/C11H20N2O/c1-2-10(12)8-13-11(14)7-9-5-3-4-6-9/h3,5,9-10H,2,4,6-8,12H2,1H3,(H,13,14). The van der Waals surface area contributed by atoms with Crippen molar-refractivity contribution in [2.45, 2.75) is 38.6 Å². The van der Waals surface area contributed by atoms with Gasteiger partial charge in [0.05, 0.1) is 0 Å². The predicted molar refractivity (Wildman–Crippen MR) is 57.8 cm³/mol. The lowest BCUT2D eigenvalue weighted by Gasteiger charge is -2.11. The van der Waals surface area contributed by atoms with Crippen molar-refractivity contribution in [3.8, 4) is 0 Å². The largest absolute Gasteiger partial charge is 0.355 e. The van der Waals surface area contributed by atoms with Gasteiger partial charge in [0.25, 0.3) is 0 Å². The Hall–Kier alpha value is -0.830. The van der Waals surface area contributed by atoms with E-state index in [9.17, 15) is 4.79 Å². The lowest BCUT2D eigenvalue weighted by atomic mass is 10.1. The monoisotopic (exact) mass is 196 g/mol. The first-order valence-corrected chi connectivity index (χ1v) is 5.41. The van der Waals surface area contributed by atoms with Gasteiger partial charge in [-0.1, -0.05) is 19.1 Å². The fourth-order valence-electron chi connectivity index (χ4n) is 1.56. The number of carbonyl (C=O) groups is 1. The third kappa shape index (κ3) is 3.92. The minimum atomic E-state index is 0.0954. The van der Waals surface area contributed by atoms with Gasteiger partial charge in [0.15, 0.2) is 0 Å². The van der Waals surface area contributed by atoms with E-state index < -0.39 is 0 Å². The van der Waals surface area contributed by atoms with Crippen molar-refractivity contribution in [1.82, 2.24) is 5.32 Å². The molecule has 1 rings (SSSR count). The minimum absolute atomic E-state index is 0.0954. The molecule has 2 atom stereocenters. The minimum Gasteiger partial charge on any atom is -0.355 e. The smallest absolute Gasteiger partial charge is 0.220 e. The normalized spacial score (nSPS) is 22.3. The zero-order valence-corrected chi connectivity index (χ0v) is 8.83. The third-order valence-corrected chi connectivity index (χ3v) is 2.65. The van der Waals surface area contributed by atoms with Crippen LogP contribution in [0.1, 0.15) is 32.6 Å². The summed E-state index contributed by atoms with van der Waals surface area (Å²) < 4.78 is 0. The van der Waals surface area contributed by atoms with Gasteiger partial charge in [-0.05, 0) is 25.2 Å². The predicted octanol–water partition coefficient (Wildman–Crippen LogP) is 1.20. The first-order valence-electron chi connectivity index (χ1n) is 5.41. The van der Waals surface area contributed by atoms with E-state index in [-0.39, 0.29) is 11.9 Å². The average Bonchev–Trinajstić information content (AvgIpc) is 2.66. The van der Waals surface area contributed by atoms with Gasteiger partial charge < -0.3 is 11.1 Å². The van der Waals surface area contributed by atoms with Crippen molar-refractivity contribution in [2.24, 2.45) is 11.7 Å². The number of allylic oxidation sites excluding steroid dienone is 2. The second-order valence-electron chi connectivity index (χ2n) is 3.94. The van der Waals surface area contributed by atoms with Crippen molar-refractivity contribution >= 4 is 5.91 Å². The van der Waals surface area contributed by atoms with Crippen LogP contribution in [0, 0.1) is 5.92 Å². The van der Waals surface area contributed by atoms with Gasteiger partial charge in [0.2, 0.25) is 5.91 Å². The van der Waals surface area contributed by atoms with E-state index in [2.05, 4.69) is 17.5 Å². The summed E-state index contributed by atoms with van der Waals surface area (Å²) in [4.78, 5) is 11.4. The van der Waals surface area contributed by atoms with Crippen molar-refractivity contribution in [3.63, 3.8) is 0 Å². The molecule has 0 heterocycles. The fourth-order valence-corrected chi connectivity index (χ4v) is 1.56. The molecule has 0 aromatic heterocycles. The van der Waals surface area contributed by atoms with Gasteiger partial charge in [-0.2, -0.15) is 0 Å². The van der Waals surface area contributed by atoms with E-state index in [0.29, 0.717) is 18.9 Å². The zero-order chi connectivity index (χ0) is 10.4. The van der Waals surface area contributed by atoms with Crippen LogP contribution in [-0.4, -0.2) is 18.5 Å². The molecule has 0 aliphatic heterocycles. The highest BCUT2D eigenvalue weighted by atomic mass is 16.1. The molecule has 0 saturated heterocycles. The van der Waals surface area contributed by atoms with E-state index in [1.807, 2.05) is 6.92 Å². The van der Waals surface area contributed by atoms with E-state index in [0.717, 1.165) is 19.3 Å². The Morgan fingerprint density at radius 2 is 2.50 bits per heavy atom. The average molecular weight is 196 g/mol. The van der Waals surface area contributed by atoms with Gasteiger partial charge in [0, 0.05) is 19.0 Å². The topological polar surface area (TPSA) is 55.1 Å². The maximum Gasteiger partial charge on any atom is 0.220 e. The molecular formula is C11H20N2O. The first-order chi connectivity index (χ1) is 6.72. The summed E-state index contributed by atoms with van der Waals surface area (Å²) in [5.41, 5.74) is 5.70. The summed E-state index contributed by atoms with van der Waals surface area (Å²) >= 11 is 0. The number of hydrogen-bond donors (Lipinski definition) is 2. The van der Waals surface area contributed by atoms with Crippen LogP contribution in [0.4, 0.5) is 0 Å². The van der Waals surface area contributed by atoms with E-state index >= 15 is 0 Å². The Kier molecular flexibility index (Phi) is 4.66. The van der Waals surface area contributed by atoms with Crippen LogP contribution in [0.15, 0.2) is 12.2 Å². The molecule has 0 aromatic carbocycles. The van der Waals surface area contributed by atoms with E-state index in [4.69, 9.17) is 5.73 Å². The zero-order valence-electron chi connectivity index (χ0n) is 8.83. The van der Waals surface area contributed by atoms with Crippen LogP contribution in [0.25, 0.3) is 0 Å². The highest BCUT2D eigenvalue weighted by Gasteiger charge is 2.13. The summed E-state index contributed by atoms with van der Waals surface area (Å²) in [5.74, 6) is 0.582. The van der Waals surface area contributed by atoms with Gasteiger partial charge >= 0.3 is 0 Å². The summed E-state index contributed by atoms with van der Waals surface area (Å²) in [5, 5.41) is 2.86. The number of carbonyl (C=O) groups excluding carboxylic acids is 1. The van der Waals surface area contributed by atoms with Gasteiger partial charge in [-0.3, -0.25) is 4.79 Å². The summed E-state index contributed by atoms with van der Waals surface area (Å²) in [6, 6.07) is 0.0954. The molecule has 14 heavy (non-hydrogen) atoms. The van der Waals surface area contributed by atoms with E-state index in [1.165, 1.54) is 0 Å². The fraction of sp³-hybridized carbons (Fsp3) is 0.727. The molecule has 0 fully saturated rings. The highest BCUT2D eigenvalue weighted by molar-refractivity contribution is 5.76. The third-order valence-electron chi connectivity index (χ3n) is 2.65. The number of nitrogens with one attached hydrogen (secondary N) is 1. The summed E-state index contributed by atoms with van der Waals surface area (Å²) in [6.45, 7) is 2.63. The molecule has 3 heteroatoms. The van der Waals surface area contributed by atoms with Crippen LogP contribution in [0.5, 0.6) is 0 Å². The first kappa shape index (κ1) is 11.2. The molecule has 3 nitrogen and oxygen atoms in total. The second-order valence-corrected chi connectivity index (χ2v) is 3.94. The van der Waals surface area contributed by atoms with Crippen molar-refractivity contribution in [3.05, 3.63) is 12.2 Å². The molecule has 2 unspecified atom stereocenters. The molecule has 1 aliphatic carbocycles. The molecule has 0 aromatic rings. The maximum atomic E-state index is 11.4. The van der Waals surface area contributed by atoms with Crippen molar-refractivity contribution in [1.29, 1.82) is 0 Å². The van der Waals surface area contributed by atoms with Crippen molar-refractivity contribution in [2.75, 3.05) is 6.54 Å². The summed E-state index contributed by atoms with van der Waals surface area (Å²) in [6.07, 6.45) is 8.05. The number of nitrogens with two attached hydrogens (primary N) is 1. The second kappa shape index (κ2) is 5.81. The van der Waals surface area contributed by atoms with Gasteiger partial charge in [-0.15, -0.1) is 0 Å². The Balaban J connectivity index is 2.12. The highest BCUT2D eigenvalue weighted by Crippen LogP contribution is 2.19. The van der Waals surface area contributed by atoms with Crippen LogP contribution in [0.2, 0.25) is 0 Å². The number of amides is 1. The lowest BCUT2D eigenvalue weighted by Crippen LogP contribution is -2.37. The maximum absolute atomic E-state index is 11.4. The molecular weight excluding hydrogens is 176 g/mol. The quantitative estimate of drug-likeness (QED) is 0.649. The SMILES string of the molecule is CCC(N)CNC(=O)CC1C=CCC1. The van der Waals surface area contributed by atoms with Crippen LogP contribution < -0.4 is 11.1 Å². The number of hydrogen-bond acceptors (Lipinski definition) is 2. The van der Waals surface area contributed by atoms with Crippen LogP contribution in [-0.2, 0) is 4.79 Å². The molecule has 3 N–H and O–H groups in total. The summed E-state index contributed by atoms with van der Waals surface area (Å²) in [7, 11) is 0. The lowest BCUT2D eigenvalue weighted by molar-refractivity contribution is -0.121. The van der Waals surface area contributed by atoms with Gasteiger partial charge in [-0.25, -0.2) is 0 Å². The molecule has 0 radical (unpaired) electrons. The molecule has 0 saturated carbocycles.